The third kappa shape index (κ3) is 8.28. The van der Waals surface area contributed by atoms with Gasteiger partial charge in [-0.15, -0.1) is 0 Å². The topological polar surface area (TPSA) is 78.9 Å². The van der Waals surface area contributed by atoms with Crippen LogP contribution >= 0.6 is 11.6 Å². The molecule has 2 N–H and O–H groups in total. The van der Waals surface area contributed by atoms with Crippen molar-refractivity contribution in [3.8, 4) is 5.75 Å². The van der Waals surface area contributed by atoms with Gasteiger partial charge in [0.05, 0.1) is 17.3 Å². The highest BCUT2D eigenvalue weighted by atomic mass is 35.5. The van der Waals surface area contributed by atoms with E-state index in [1.54, 1.807) is 84.9 Å². The summed E-state index contributed by atoms with van der Waals surface area (Å²) in [4.78, 5) is 27.3. The number of nitrogens with zero attached hydrogens (tertiary/aromatic N) is 1. The Hall–Kier alpha value is -5.14. The second-order valence-electron chi connectivity index (χ2n) is 10.4. The van der Waals surface area contributed by atoms with Crippen LogP contribution in [0.1, 0.15) is 27.0 Å². The maximum absolute atomic E-state index is 14.4. The Bertz CT molecular complexity index is 1750. The van der Waals surface area contributed by atoms with Gasteiger partial charge in [0.1, 0.15) is 24.2 Å². The first-order valence-corrected chi connectivity index (χ1v) is 14.9. The molecule has 0 radical (unpaired) electrons. The highest BCUT2D eigenvalue weighted by molar-refractivity contribution is 6.33. The molecule has 0 amide bonds. The molecule has 0 heterocycles. The lowest BCUT2D eigenvalue weighted by Crippen LogP contribution is -2.32. The molecule has 1 atom stereocenters. The van der Waals surface area contributed by atoms with Crippen molar-refractivity contribution in [1.29, 1.82) is 0 Å². The second kappa shape index (κ2) is 15.0. The van der Waals surface area contributed by atoms with Crippen molar-refractivity contribution in [1.82, 2.24) is 0 Å². The summed E-state index contributed by atoms with van der Waals surface area (Å²) in [6, 6.07) is 36.1. The molecule has 0 aliphatic heterocycles. The Labute approximate surface area is 266 Å². The summed E-state index contributed by atoms with van der Waals surface area (Å²) >= 11 is 6.47. The molecular formula is C37H32ClFN2O4. The second-order valence-corrected chi connectivity index (χ2v) is 10.8. The number of halogens is 2. The Balaban J connectivity index is 1.22. The van der Waals surface area contributed by atoms with Crippen molar-refractivity contribution in [2.24, 2.45) is 0 Å². The van der Waals surface area contributed by atoms with E-state index in [1.165, 1.54) is 6.07 Å². The van der Waals surface area contributed by atoms with Gasteiger partial charge in [-0.1, -0.05) is 96.5 Å². The van der Waals surface area contributed by atoms with Gasteiger partial charge >= 0.3 is 5.97 Å². The molecule has 1 unspecified atom stereocenters. The number of ketones is 1. The average Bonchev–Trinajstić information content (AvgIpc) is 3.06. The molecule has 8 heteroatoms. The first-order chi connectivity index (χ1) is 21.9. The molecule has 5 rings (SSSR count). The SMILES string of the molecule is O=C(c1ccccc1)c1ccccc1NC(Cc1ccc(OCCN(Cc2ccccc2F)c2ccccc2Cl)cc1)C(=O)O. The number of hydrogen-bond acceptors (Lipinski definition) is 5. The predicted octanol–water partition coefficient (Wildman–Crippen LogP) is 7.90. The molecule has 0 saturated carbocycles. The van der Waals surface area contributed by atoms with Crippen molar-refractivity contribution >= 4 is 34.7 Å². The van der Waals surface area contributed by atoms with Crippen LogP contribution in [0.5, 0.6) is 5.75 Å². The van der Waals surface area contributed by atoms with E-state index in [1.807, 2.05) is 41.3 Å². The number of carboxylic acid groups (broad SMARTS) is 1. The van der Waals surface area contributed by atoms with E-state index in [2.05, 4.69) is 5.32 Å². The zero-order chi connectivity index (χ0) is 31.6. The fourth-order valence-electron chi connectivity index (χ4n) is 5.00. The Morgan fingerprint density at radius 2 is 1.49 bits per heavy atom. The predicted molar refractivity (Wildman–Crippen MR) is 176 cm³/mol. The molecule has 0 saturated heterocycles. The number of aliphatic carboxylic acids is 1. The number of carboxylic acids is 1. The fraction of sp³-hybridized carbons (Fsp3) is 0.135. The molecule has 5 aromatic rings. The van der Waals surface area contributed by atoms with Gasteiger partial charge in [0.15, 0.2) is 5.78 Å². The van der Waals surface area contributed by atoms with E-state index < -0.39 is 12.0 Å². The van der Waals surface area contributed by atoms with Crippen molar-refractivity contribution in [3.05, 3.63) is 160 Å². The van der Waals surface area contributed by atoms with E-state index in [9.17, 15) is 19.1 Å². The summed E-state index contributed by atoms with van der Waals surface area (Å²) in [6.07, 6.45) is 0.187. The monoisotopic (exact) mass is 622 g/mol. The van der Waals surface area contributed by atoms with Crippen LogP contribution in [0.15, 0.2) is 127 Å². The lowest BCUT2D eigenvalue weighted by Gasteiger charge is -2.26. The van der Waals surface area contributed by atoms with Crippen LogP contribution in [0.3, 0.4) is 0 Å². The van der Waals surface area contributed by atoms with Gasteiger partial charge in [0.2, 0.25) is 0 Å². The Kier molecular flexibility index (Phi) is 10.5. The summed E-state index contributed by atoms with van der Waals surface area (Å²) in [7, 11) is 0. The molecule has 0 fully saturated rings. The molecule has 228 valence electrons. The van der Waals surface area contributed by atoms with Crippen molar-refractivity contribution in [2.75, 3.05) is 23.4 Å². The molecule has 0 aliphatic carbocycles. The van der Waals surface area contributed by atoms with Crippen molar-refractivity contribution < 1.29 is 23.8 Å². The number of benzene rings is 5. The standard InChI is InChI=1S/C37H32ClFN2O4/c38-31-14-6-9-17-35(31)41(25-28-12-4-7-15-32(28)39)22-23-45-29-20-18-26(19-21-29)24-34(37(43)44)40-33-16-8-5-13-30(33)36(42)27-10-2-1-3-11-27/h1-21,34,40H,22-25H2,(H,43,44). The van der Waals surface area contributed by atoms with Crippen LogP contribution < -0.4 is 15.0 Å². The van der Waals surface area contributed by atoms with Crippen LogP contribution in [-0.2, 0) is 17.8 Å². The number of anilines is 2. The van der Waals surface area contributed by atoms with Gasteiger partial charge in [0.25, 0.3) is 0 Å². The molecule has 0 aliphatic rings. The first-order valence-electron chi connectivity index (χ1n) is 14.5. The molecule has 0 spiro atoms. The molecule has 0 bridgehead atoms. The summed E-state index contributed by atoms with van der Waals surface area (Å²) in [6.45, 7) is 1.08. The van der Waals surface area contributed by atoms with E-state index in [0.29, 0.717) is 52.8 Å². The third-order valence-corrected chi connectivity index (χ3v) is 7.66. The zero-order valence-electron chi connectivity index (χ0n) is 24.4. The van der Waals surface area contributed by atoms with Crippen LogP contribution in [0.4, 0.5) is 15.8 Å². The van der Waals surface area contributed by atoms with Crippen LogP contribution in [0.25, 0.3) is 0 Å². The quantitative estimate of drug-likeness (QED) is 0.123. The summed E-state index contributed by atoms with van der Waals surface area (Å²) in [5, 5.41) is 13.6. The third-order valence-electron chi connectivity index (χ3n) is 7.34. The largest absolute Gasteiger partial charge is 0.492 e. The summed E-state index contributed by atoms with van der Waals surface area (Å²) in [5.74, 6) is -0.896. The maximum atomic E-state index is 14.4. The molecule has 0 aromatic heterocycles. The maximum Gasteiger partial charge on any atom is 0.326 e. The number of carbonyl (C=O) groups is 2. The highest BCUT2D eigenvalue weighted by Crippen LogP contribution is 2.27. The molecule has 45 heavy (non-hydrogen) atoms. The lowest BCUT2D eigenvalue weighted by molar-refractivity contribution is -0.137. The van der Waals surface area contributed by atoms with Crippen LogP contribution in [-0.4, -0.2) is 36.1 Å². The van der Waals surface area contributed by atoms with Gasteiger partial charge in [-0.05, 0) is 48.0 Å². The zero-order valence-corrected chi connectivity index (χ0v) is 25.2. The summed E-state index contributed by atoms with van der Waals surface area (Å²) < 4.78 is 20.4. The number of carbonyl (C=O) groups excluding carboxylic acids is 1. The average molecular weight is 623 g/mol. The minimum atomic E-state index is -1.04. The Morgan fingerprint density at radius 3 is 2.22 bits per heavy atom. The van der Waals surface area contributed by atoms with Gasteiger partial charge in [-0.2, -0.15) is 0 Å². The van der Waals surface area contributed by atoms with Gasteiger partial charge in [-0.25, -0.2) is 9.18 Å². The fourth-order valence-corrected chi connectivity index (χ4v) is 5.25. The van der Waals surface area contributed by atoms with E-state index in [0.717, 1.165) is 11.3 Å². The normalized spacial score (nSPS) is 11.4. The Morgan fingerprint density at radius 1 is 0.822 bits per heavy atom. The number of nitrogens with one attached hydrogen (secondary N) is 1. The van der Waals surface area contributed by atoms with Crippen LogP contribution in [0, 0.1) is 5.82 Å². The number of para-hydroxylation sites is 2. The van der Waals surface area contributed by atoms with Gasteiger partial charge in [-0.3, -0.25) is 4.79 Å². The minimum Gasteiger partial charge on any atom is -0.492 e. The smallest absolute Gasteiger partial charge is 0.326 e. The number of rotatable bonds is 14. The van der Waals surface area contributed by atoms with Crippen molar-refractivity contribution in [3.63, 3.8) is 0 Å². The molecular weight excluding hydrogens is 591 g/mol. The van der Waals surface area contributed by atoms with Gasteiger partial charge in [0, 0.05) is 35.3 Å². The lowest BCUT2D eigenvalue weighted by atomic mass is 10.00. The molecule has 5 aromatic carbocycles. The van der Waals surface area contributed by atoms with Crippen LogP contribution in [0.2, 0.25) is 5.02 Å². The highest BCUT2D eigenvalue weighted by Gasteiger charge is 2.21. The van der Waals surface area contributed by atoms with E-state index >= 15 is 0 Å². The van der Waals surface area contributed by atoms with Gasteiger partial charge < -0.3 is 20.1 Å². The van der Waals surface area contributed by atoms with E-state index in [4.69, 9.17) is 16.3 Å². The minimum absolute atomic E-state index is 0.187. The van der Waals surface area contributed by atoms with E-state index in [-0.39, 0.29) is 18.0 Å². The first kappa shape index (κ1) is 31.3. The number of ether oxygens (including phenoxy) is 1. The summed E-state index contributed by atoms with van der Waals surface area (Å²) in [5.41, 5.74) is 3.50. The van der Waals surface area contributed by atoms with Crippen molar-refractivity contribution in [2.45, 2.75) is 19.0 Å². The number of hydrogen-bond donors (Lipinski definition) is 2. The molecule has 6 nitrogen and oxygen atoms in total.